The second kappa shape index (κ2) is 13.3. The van der Waals surface area contributed by atoms with Crippen molar-refractivity contribution in [2.45, 2.75) is 0 Å². The number of fused-ring (bicyclic) bond motifs is 2. The number of benzene rings is 9. The van der Waals surface area contributed by atoms with Crippen LogP contribution in [0.2, 0.25) is 0 Å². The molecule has 1 heteroatoms. The molecule has 0 bridgehead atoms. The van der Waals surface area contributed by atoms with Crippen molar-refractivity contribution in [1.82, 2.24) is 0 Å². The summed E-state index contributed by atoms with van der Waals surface area (Å²) in [6.07, 6.45) is 0. The highest BCUT2D eigenvalue weighted by atomic mass is 15.1. The predicted molar refractivity (Wildman–Crippen MR) is 218 cm³/mol. The summed E-state index contributed by atoms with van der Waals surface area (Å²) in [5.74, 6) is 0. The van der Waals surface area contributed by atoms with Gasteiger partial charge in [-0.2, -0.15) is 0 Å². The average molecular weight is 650 g/mol. The molecule has 0 radical (unpaired) electrons. The Hall–Kier alpha value is -6.70. The summed E-state index contributed by atoms with van der Waals surface area (Å²) in [6.45, 7) is 0. The topological polar surface area (TPSA) is 3.24 Å². The van der Waals surface area contributed by atoms with Gasteiger partial charge in [-0.15, -0.1) is 0 Å². The Kier molecular flexibility index (Phi) is 7.92. The Balaban J connectivity index is 1.05. The van der Waals surface area contributed by atoms with E-state index in [0.717, 1.165) is 17.1 Å². The minimum Gasteiger partial charge on any atom is -0.311 e. The van der Waals surface area contributed by atoms with E-state index >= 15 is 0 Å². The van der Waals surface area contributed by atoms with Gasteiger partial charge in [0.1, 0.15) is 0 Å². The highest BCUT2D eigenvalue weighted by Crippen LogP contribution is 2.39. The molecule has 9 aromatic rings. The first-order valence-electron chi connectivity index (χ1n) is 17.5. The van der Waals surface area contributed by atoms with Crippen LogP contribution in [0.1, 0.15) is 0 Å². The van der Waals surface area contributed by atoms with E-state index < -0.39 is 0 Å². The van der Waals surface area contributed by atoms with Gasteiger partial charge in [-0.05, 0) is 115 Å². The maximum absolute atomic E-state index is 2.33. The fourth-order valence-corrected chi connectivity index (χ4v) is 7.27. The number of para-hydroxylation sites is 1. The van der Waals surface area contributed by atoms with Crippen molar-refractivity contribution < 1.29 is 0 Å². The van der Waals surface area contributed by atoms with Crippen molar-refractivity contribution in [3.05, 3.63) is 212 Å². The number of hydrogen-bond acceptors (Lipinski definition) is 1. The molecule has 9 rings (SSSR count). The van der Waals surface area contributed by atoms with Crippen LogP contribution in [0.15, 0.2) is 212 Å². The van der Waals surface area contributed by atoms with Gasteiger partial charge in [-0.25, -0.2) is 0 Å². The van der Waals surface area contributed by atoms with Crippen LogP contribution < -0.4 is 4.90 Å². The average Bonchev–Trinajstić information content (AvgIpc) is 3.22. The molecular weight excluding hydrogens is 615 g/mol. The quantitative estimate of drug-likeness (QED) is 0.166. The molecule has 0 amide bonds. The van der Waals surface area contributed by atoms with Crippen LogP contribution in [0.25, 0.3) is 66.1 Å². The Morgan fingerprint density at radius 1 is 0.235 bits per heavy atom. The molecule has 0 heterocycles. The monoisotopic (exact) mass is 649 g/mol. The largest absolute Gasteiger partial charge is 0.311 e. The van der Waals surface area contributed by atoms with Crippen molar-refractivity contribution in [2.24, 2.45) is 0 Å². The molecule has 0 aliphatic carbocycles. The van der Waals surface area contributed by atoms with Crippen LogP contribution in [0.4, 0.5) is 17.1 Å². The first-order valence-corrected chi connectivity index (χ1v) is 17.5. The maximum Gasteiger partial charge on any atom is 0.0462 e. The molecule has 0 atom stereocenters. The lowest BCUT2D eigenvalue weighted by Gasteiger charge is -2.26. The summed E-state index contributed by atoms with van der Waals surface area (Å²) in [5, 5.41) is 5.02. The fourth-order valence-electron chi connectivity index (χ4n) is 7.27. The van der Waals surface area contributed by atoms with E-state index in [4.69, 9.17) is 0 Å². The number of rotatable bonds is 7. The SMILES string of the molecule is c1ccc(-c2cccc3ccc(-c4ccc(N(c5ccccc5)c5ccc(-c6ccc7cccc(-c8ccccc8)c7c6)cc5)cc4)cc23)cc1. The molecule has 240 valence electrons. The van der Waals surface area contributed by atoms with Crippen molar-refractivity contribution in [3.8, 4) is 44.5 Å². The van der Waals surface area contributed by atoms with Gasteiger partial charge in [0.15, 0.2) is 0 Å². The van der Waals surface area contributed by atoms with Gasteiger partial charge in [0.2, 0.25) is 0 Å². The third kappa shape index (κ3) is 5.96. The van der Waals surface area contributed by atoms with E-state index in [-0.39, 0.29) is 0 Å². The molecule has 0 N–H and O–H groups in total. The summed E-state index contributed by atoms with van der Waals surface area (Å²) < 4.78 is 0. The van der Waals surface area contributed by atoms with Crippen LogP contribution in [-0.4, -0.2) is 0 Å². The minimum atomic E-state index is 1.11. The number of anilines is 3. The molecule has 9 aromatic carbocycles. The first kappa shape index (κ1) is 30.4. The summed E-state index contributed by atoms with van der Waals surface area (Å²) in [7, 11) is 0. The smallest absolute Gasteiger partial charge is 0.0462 e. The molecule has 0 aliphatic heterocycles. The fraction of sp³-hybridized carbons (Fsp3) is 0. The van der Waals surface area contributed by atoms with Gasteiger partial charge in [-0.1, -0.05) is 164 Å². The first-order chi connectivity index (χ1) is 25.3. The van der Waals surface area contributed by atoms with E-state index in [0.29, 0.717) is 0 Å². The highest BCUT2D eigenvalue weighted by Gasteiger charge is 2.14. The van der Waals surface area contributed by atoms with Crippen LogP contribution in [0.5, 0.6) is 0 Å². The zero-order chi connectivity index (χ0) is 34.0. The minimum absolute atomic E-state index is 1.11. The summed E-state index contributed by atoms with van der Waals surface area (Å²) in [4.78, 5) is 2.33. The molecule has 0 aromatic heterocycles. The standard InChI is InChI=1S/C50H35N/c1-4-12-38(13-5-1)47-20-10-16-40-22-24-42(34-49(40)47)36-26-30-45(31-27-36)51(44-18-8-3-9-19-44)46-32-28-37(29-33-46)43-25-23-41-17-11-21-48(50(41)35-43)39-14-6-2-7-15-39/h1-35H. The number of hydrogen-bond donors (Lipinski definition) is 0. The van der Waals surface area contributed by atoms with Crippen molar-refractivity contribution in [3.63, 3.8) is 0 Å². The van der Waals surface area contributed by atoms with E-state index in [9.17, 15) is 0 Å². The third-order valence-corrected chi connectivity index (χ3v) is 9.87. The van der Waals surface area contributed by atoms with Gasteiger partial charge < -0.3 is 4.90 Å². The number of nitrogens with zero attached hydrogens (tertiary/aromatic N) is 1. The van der Waals surface area contributed by atoms with Gasteiger partial charge in [-0.3, -0.25) is 0 Å². The van der Waals surface area contributed by atoms with Crippen molar-refractivity contribution in [2.75, 3.05) is 4.90 Å². The highest BCUT2D eigenvalue weighted by molar-refractivity contribution is 6.00. The van der Waals surface area contributed by atoms with E-state index in [1.54, 1.807) is 0 Å². The zero-order valence-corrected chi connectivity index (χ0v) is 28.2. The third-order valence-electron chi connectivity index (χ3n) is 9.87. The van der Waals surface area contributed by atoms with Gasteiger partial charge in [0.05, 0.1) is 0 Å². The second-order valence-corrected chi connectivity index (χ2v) is 13.0. The Bertz CT molecular complexity index is 2420. The summed E-state index contributed by atoms with van der Waals surface area (Å²) >= 11 is 0. The molecule has 1 nitrogen and oxygen atoms in total. The predicted octanol–water partition coefficient (Wildman–Crippen LogP) is 14.1. The summed E-state index contributed by atoms with van der Waals surface area (Å²) in [5.41, 5.74) is 13.1. The van der Waals surface area contributed by atoms with Gasteiger partial charge in [0, 0.05) is 17.1 Å². The Morgan fingerprint density at radius 2 is 0.608 bits per heavy atom. The van der Waals surface area contributed by atoms with Crippen LogP contribution in [0, 0.1) is 0 Å². The van der Waals surface area contributed by atoms with E-state index in [1.807, 2.05) is 0 Å². The molecular formula is C50H35N. The Labute approximate surface area is 299 Å². The van der Waals surface area contributed by atoms with Crippen molar-refractivity contribution >= 4 is 38.6 Å². The molecule has 0 saturated heterocycles. The van der Waals surface area contributed by atoms with Gasteiger partial charge in [0.25, 0.3) is 0 Å². The van der Waals surface area contributed by atoms with Crippen LogP contribution >= 0.6 is 0 Å². The molecule has 0 fully saturated rings. The molecule has 0 unspecified atom stereocenters. The lowest BCUT2D eigenvalue weighted by Crippen LogP contribution is -2.09. The van der Waals surface area contributed by atoms with Crippen LogP contribution in [-0.2, 0) is 0 Å². The Morgan fingerprint density at radius 3 is 1.04 bits per heavy atom. The van der Waals surface area contributed by atoms with Gasteiger partial charge >= 0.3 is 0 Å². The molecule has 0 saturated carbocycles. The van der Waals surface area contributed by atoms with E-state index in [2.05, 4.69) is 217 Å². The molecule has 51 heavy (non-hydrogen) atoms. The summed E-state index contributed by atoms with van der Waals surface area (Å²) in [6, 6.07) is 76.5. The van der Waals surface area contributed by atoms with Crippen molar-refractivity contribution in [1.29, 1.82) is 0 Å². The zero-order valence-electron chi connectivity index (χ0n) is 28.2. The normalized spacial score (nSPS) is 11.1. The second-order valence-electron chi connectivity index (χ2n) is 13.0. The lowest BCUT2D eigenvalue weighted by molar-refractivity contribution is 1.28. The molecule has 0 spiro atoms. The van der Waals surface area contributed by atoms with E-state index in [1.165, 1.54) is 66.1 Å². The lowest BCUT2D eigenvalue weighted by atomic mass is 9.94. The van der Waals surface area contributed by atoms with Crippen LogP contribution in [0.3, 0.4) is 0 Å². The molecule has 0 aliphatic rings. The maximum atomic E-state index is 2.33.